The minimum atomic E-state index is 0.480. The van der Waals surface area contributed by atoms with E-state index in [-0.39, 0.29) is 0 Å². The molecule has 0 aliphatic carbocycles. The van der Waals surface area contributed by atoms with Gasteiger partial charge in [0.15, 0.2) is 0 Å². The van der Waals surface area contributed by atoms with Gasteiger partial charge in [-0.3, -0.25) is 0 Å². The Labute approximate surface area is 98.6 Å². The Bertz CT molecular complexity index is 293. The first-order chi connectivity index (χ1) is 7.63. The van der Waals surface area contributed by atoms with E-state index < -0.39 is 0 Å². The van der Waals surface area contributed by atoms with Gasteiger partial charge in [-0.1, -0.05) is 12.1 Å². The molecule has 16 heavy (non-hydrogen) atoms. The fourth-order valence-corrected chi connectivity index (χ4v) is 1.69. The third-order valence-corrected chi connectivity index (χ3v) is 2.63. The molecule has 0 radical (unpaired) electrons. The van der Waals surface area contributed by atoms with Crippen LogP contribution in [0, 0.1) is 0 Å². The van der Waals surface area contributed by atoms with Crippen LogP contribution in [0.25, 0.3) is 0 Å². The first kappa shape index (κ1) is 13.0. The summed E-state index contributed by atoms with van der Waals surface area (Å²) in [6.07, 6.45) is 1.05. The van der Waals surface area contributed by atoms with Gasteiger partial charge in [0, 0.05) is 38.9 Å². The van der Waals surface area contributed by atoms with E-state index in [1.165, 1.54) is 11.3 Å². The number of hydrogen-bond donors (Lipinski definition) is 2. The first-order valence-electron chi connectivity index (χ1n) is 5.83. The van der Waals surface area contributed by atoms with Crippen molar-refractivity contribution in [2.75, 3.05) is 32.1 Å². The summed E-state index contributed by atoms with van der Waals surface area (Å²) in [6.45, 7) is 3.77. The maximum absolute atomic E-state index is 5.46. The molecule has 1 atom stereocenters. The lowest BCUT2D eigenvalue weighted by Crippen LogP contribution is -2.32. The van der Waals surface area contributed by atoms with E-state index in [1.54, 1.807) is 0 Å². The number of benzene rings is 1. The monoisotopic (exact) mass is 221 g/mol. The van der Waals surface area contributed by atoms with E-state index in [0.29, 0.717) is 12.6 Å². The summed E-state index contributed by atoms with van der Waals surface area (Å²) < 4.78 is 0. The summed E-state index contributed by atoms with van der Waals surface area (Å²) in [7, 11) is 4.11. The largest absolute Gasteiger partial charge is 0.378 e. The van der Waals surface area contributed by atoms with Gasteiger partial charge >= 0.3 is 0 Å². The van der Waals surface area contributed by atoms with Gasteiger partial charge in [0.25, 0.3) is 0 Å². The van der Waals surface area contributed by atoms with Crippen molar-refractivity contribution >= 4 is 5.69 Å². The van der Waals surface area contributed by atoms with Gasteiger partial charge in [0.2, 0.25) is 0 Å². The third-order valence-electron chi connectivity index (χ3n) is 2.63. The Balaban J connectivity index is 2.48. The molecular weight excluding hydrogens is 198 g/mol. The predicted octanol–water partition coefficient (Wildman–Crippen LogP) is 1.23. The zero-order chi connectivity index (χ0) is 12.0. The molecule has 0 aromatic heterocycles. The van der Waals surface area contributed by atoms with Crippen LogP contribution in [0.2, 0.25) is 0 Å². The lowest BCUT2D eigenvalue weighted by molar-refractivity contribution is 0.553. The van der Waals surface area contributed by atoms with Crippen molar-refractivity contribution in [1.82, 2.24) is 5.32 Å². The van der Waals surface area contributed by atoms with Crippen molar-refractivity contribution in [2.45, 2.75) is 19.4 Å². The number of nitrogens with zero attached hydrogens (tertiary/aromatic N) is 1. The number of hydrogen-bond acceptors (Lipinski definition) is 3. The number of anilines is 1. The van der Waals surface area contributed by atoms with Gasteiger partial charge < -0.3 is 16.0 Å². The Hall–Kier alpha value is -1.06. The topological polar surface area (TPSA) is 41.3 Å². The molecule has 3 N–H and O–H groups in total. The third kappa shape index (κ3) is 4.21. The van der Waals surface area contributed by atoms with Gasteiger partial charge in [-0.15, -0.1) is 0 Å². The highest BCUT2D eigenvalue weighted by Crippen LogP contribution is 2.13. The summed E-state index contributed by atoms with van der Waals surface area (Å²) in [5, 5.41) is 3.38. The van der Waals surface area contributed by atoms with Crippen LogP contribution in [0.1, 0.15) is 12.5 Å². The van der Waals surface area contributed by atoms with Crippen LogP contribution >= 0.6 is 0 Å². The lowest BCUT2D eigenvalue weighted by Gasteiger charge is -2.15. The fourth-order valence-electron chi connectivity index (χ4n) is 1.69. The zero-order valence-electron chi connectivity index (χ0n) is 10.5. The molecule has 0 bridgehead atoms. The number of nitrogens with two attached hydrogens (primary N) is 1. The van der Waals surface area contributed by atoms with Crippen LogP contribution in [0.5, 0.6) is 0 Å². The van der Waals surface area contributed by atoms with E-state index in [2.05, 4.69) is 55.5 Å². The van der Waals surface area contributed by atoms with Crippen molar-refractivity contribution < 1.29 is 0 Å². The van der Waals surface area contributed by atoms with E-state index in [0.717, 1.165) is 13.0 Å². The average molecular weight is 221 g/mol. The van der Waals surface area contributed by atoms with Gasteiger partial charge in [0.1, 0.15) is 0 Å². The van der Waals surface area contributed by atoms with E-state index in [1.807, 2.05) is 0 Å². The Morgan fingerprint density at radius 3 is 2.38 bits per heavy atom. The number of rotatable bonds is 6. The minimum absolute atomic E-state index is 0.480. The molecule has 3 nitrogen and oxygen atoms in total. The van der Waals surface area contributed by atoms with E-state index >= 15 is 0 Å². The second-order valence-corrected chi connectivity index (χ2v) is 4.41. The van der Waals surface area contributed by atoms with Crippen LogP contribution in [-0.4, -0.2) is 33.2 Å². The lowest BCUT2D eigenvalue weighted by atomic mass is 10.1. The van der Waals surface area contributed by atoms with E-state index in [4.69, 9.17) is 5.73 Å². The Kier molecular flexibility index (Phi) is 5.29. The molecule has 0 heterocycles. The Morgan fingerprint density at radius 1 is 1.25 bits per heavy atom. The quantitative estimate of drug-likeness (QED) is 0.759. The summed E-state index contributed by atoms with van der Waals surface area (Å²) >= 11 is 0. The summed E-state index contributed by atoms with van der Waals surface area (Å²) in [5.41, 5.74) is 8.06. The van der Waals surface area contributed by atoms with Gasteiger partial charge in [-0.25, -0.2) is 0 Å². The summed E-state index contributed by atoms with van der Waals surface area (Å²) in [5.74, 6) is 0. The highest BCUT2D eigenvalue weighted by Gasteiger charge is 2.02. The van der Waals surface area contributed by atoms with Crippen LogP contribution in [-0.2, 0) is 6.42 Å². The van der Waals surface area contributed by atoms with Crippen LogP contribution in [0.15, 0.2) is 24.3 Å². The number of nitrogens with one attached hydrogen (secondary N) is 1. The molecule has 0 aliphatic heterocycles. The highest BCUT2D eigenvalue weighted by molar-refractivity contribution is 5.46. The van der Waals surface area contributed by atoms with Crippen LogP contribution in [0.4, 0.5) is 5.69 Å². The standard InChI is InChI=1S/C13H23N3/c1-11(15-9-8-14)10-12-4-6-13(7-5-12)16(2)3/h4-7,11,15H,8-10,14H2,1-3H3. The predicted molar refractivity (Wildman–Crippen MR) is 71.0 cm³/mol. The molecule has 0 aliphatic rings. The minimum Gasteiger partial charge on any atom is -0.378 e. The van der Waals surface area contributed by atoms with E-state index in [9.17, 15) is 0 Å². The van der Waals surface area contributed by atoms with Crippen molar-refractivity contribution in [3.63, 3.8) is 0 Å². The van der Waals surface area contributed by atoms with Gasteiger partial charge in [-0.2, -0.15) is 0 Å². The molecule has 90 valence electrons. The molecule has 0 saturated heterocycles. The van der Waals surface area contributed by atoms with Crippen molar-refractivity contribution in [3.8, 4) is 0 Å². The molecule has 0 spiro atoms. The highest BCUT2D eigenvalue weighted by atomic mass is 15.1. The second-order valence-electron chi connectivity index (χ2n) is 4.41. The molecule has 0 saturated carbocycles. The molecule has 0 amide bonds. The molecule has 3 heteroatoms. The first-order valence-corrected chi connectivity index (χ1v) is 5.83. The Morgan fingerprint density at radius 2 is 1.88 bits per heavy atom. The molecule has 1 unspecified atom stereocenters. The van der Waals surface area contributed by atoms with Crippen molar-refractivity contribution in [1.29, 1.82) is 0 Å². The fraction of sp³-hybridized carbons (Fsp3) is 0.538. The van der Waals surface area contributed by atoms with Crippen LogP contribution in [0.3, 0.4) is 0 Å². The molecule has 1 rings (SSSR count). The molecule has 1 aromatic carbocycles. The SMILES string of the molecule is CC(Cc1ccc(N(C)C)cc1)NCCN. The smallest absolute Gasteiger partial charge is 0.0361 e. The maximum atomic E-state index is 5.46. The van der Waals surface area contributed by atoms with Gasteiger partial charge in [0.05, 0.1) is 0 Å². The van der Waals surface area contributed by atoms with Gasteiger partial charge in [-0.05, 0) is 31.0 Å². The van der Waals surface area contributed by atoms with Crippen molar-refractivity contribution in [3.05, 3.63) is 29.8 Å². The maximum Gasteiger partial charge on any atom is 0.0361 e. The molecular formula is C13H23N3. The molecule has 1 aromatic rings. The van der Waals surface area contributed by atoms with Crippen LogP contribution < -0.4 is 16.0 Å². The molecule has 0 fully saturated rings. The second kappa shape index (κ2) is 6.51. The normalized spacial score (nSPS) is 12.5. The van der Waals surface area contributed by atoms with Crippen molar-refractivity contribution in [2.24, 2.45) is 5.73 Å². The summed E-state index contributed by atoms with van der Waals surface area (Å²) in [4.78, 5) is 2.11. The zero-order valence-corrected chi connectivity index (χ0v) is 10.5. The average Bonchev–Trinajstić information content (AvgIpc) is 2.27. The summed E-state index contributed by atoms with van der Waals surface area (Å²) in [6, 6.07) is 9.18.